The summed E-state index contributed by atoms with van der Waals surface area (Å²) in [5.74, 6) is -0.352. The Hall–Kier alpha value is -2.15. The van der Waals surface area contributed by atoms with Gasteiger partial charge in [-0.25, -0.2) is 0 Å². The molecule has 0 aliphatic heterocycles. The molecule has 1 aromatic carbocycles. The van der Waals surface area contributed by atoms with Crippen LogP contribution in [0.25, 0.3) is 0 Å². The Balaban J connectivity index is 2.90. The number of nitrogens with zero attached hydrogens (tertiary/aromatic N) is 2. The second-order valence-electron chi connectivity index (χ2n) is 4.75. The standard InChI is InChI=1S/C14H21N3O4/c1-15-14(19)11-6-7-12(13(10-11)17(20)21)16(2)8-4-3-5-9-18/h6-7,10,18H,3-5,8-9H2,1-2H3,(H,15,19). The molecule has 116 valence electrons. The molecule has 0 aliphatic rings. The van der Waals surface area contributed by atoms with Crippen molar-refractivity contribution in [3.8, 4) is 0 Å². The van der Waals surface area contributed by atoms with Crippen LogP contribution < -0.4 is 10.2 Å². The molecule has 1 aromatic rings. The molecular formula is C14H21N3O4. The van der Waals surface area contributed by atoms with Crippen LogP contribution in [0.5, 0.6) is 0 Å². The number of amides is 1. The van der Waals surface area contributed by atoms with Gasteiger partial charge in [0.25, 0.3) is 11.6 Å². The Labute approximate surface area is 123 Å². The Morgan fingerprint density at radius 2 is 2.10 bits per heavy atom. The Bertz CT molecular complexity index is 505. The van der Waals surface area contributed by atoms with Gasteiger partial charge in [-0.05, 0) is 31.4 Å². The number of carbonyl (C=O) groups is 1. The van der Waals surface area contributed by atoms with Crippen LogP contribution in [0.15, 0.2) is 18.2 Å². The Kier molecular flexibility index (Phi) is 6.61. The summed E-state index contributed by atoms with van der Waals surface area (Å²) in [7, 11) is 3.26. The number of nitro groups is 1. The second kappa shape index (κ2) is 8.21. The van der Waals surface area contributed by atoms with Crippen LogP contribution in [0.3, 0.4) is 0 Å². The number of aliphatic hydroxyl groups is 1. The monoisotopic (exact) mass is 295 g/mol. The van der Waals surface area contributed by atoms with Crippen molar-refractivity contribution in [2.75, 3.05) is 32.1 Å². The first-order valence-electron chi connectivity index (χ1n) is 6.83. The molecule has 0 aromatic heterocycles. The molecule has 0 fully saturated rings. The van der Waals surface area contributed by atoms with Gasteiger partial charge < -0.3 is 15.3 Å². The van der Waals surface area contributed by atoms with E-state index >= 15 is 0 Å². The minimum atomic E-state index is -0.480. The van der Waals surface area contributed by atoms with E-state index < -0.39 is 4.92 Å². The number of aliphatic hydroxyl groups excluding tert-OH is 1. The molecule has 0 unspecified atom stereocenters. The fraction of sp³-hybridized carbons (Fsp3) is 0.500. The van der Waals surface area contributed by atoms with Gasteiger partial charge in [0.05, 0.1) is 4.92 Å². The van der Waals surface area contributed by atoms with Crippen LogP contribution >= 0.6 is 0 Å². The summed E-state index contributed by atoms with van der Waals surface area (Å²) in [6, 6.07) is 4.46. The first-order valence-corrected chi connectivity index (χ1v) is 6.83. The minimum Gasteiger partial charge on any atom is -0.396 e. The number of anilines is 1. The topological polar surface area (TPSA) is 95.7 Å². The van der Waals surface area contributed by atoms with Crippen LogP contribution in [0.4, 0.5) is 11.4 Å². The van der Waals surface area contributed by atoms with Crippen molar-refractivity contribution in [2.24, 2.45) is 0 Å². The summed E-state index contributed by atoms with van der Waals surface area (Å²) in [4.78, 5) is 24.0. The zero-order valence-electron chi connectivity index (χ0n) is 12.3. The molecular weight excluding hydrogens is 274 g/mol. The van der Waals surface area contributed by atoms with Gasteiger partial charge >= 0.3 is 0 Å². The molecule has 0 saturated carbocycles. The highest BCUT2D eigenvalue weighted by molar-refractivity contribution is 5.95. The third kappa shape index (κ3) is 4.71. The largest absolute Gasteiger partial charge is 0.396 e. The van der Waals surface area contributed by atoms with E-state index in [0.717, 1.165) is 19.3 Å². The van der Waals surface area contributed by atoms with Crippen LogP contribution in [0.2, 0.25) is 0 Å². The van der Waals surface area contributed by atoms with E-state index in [1.54, 1.807) is 24.1 Å². The summed E-state index contributed by atoms with van der Waals surface area (Å²) < 4.78 is 0. The van der Waals surface area contributed by atoms with Crippen molar-refractivity contribution in [1.82, 2.24) is 5.32 Å². The van der Waals surface area contributed by atoms with Gasteiger partial charge in [0.1, 0.15) is 5.69 Å². The highest BCUT2D eigenvalue weighted by atomic mass is 16.6. The average molecular weight is 295 g/mol. The summed E-state index contributed by atoms with van der Waals surface area (Å²) >= 11 is 0. The van der Waals surface area contributed by atoms with Crippen molar-refractivity contribution in [3.05, 3.63) is 33.9 Å². The van der Waals surface area contributed by atoms with Gasteiger partial charge in [0, 0.05) is 38.9 Å². The lowest BCUT2D eigenvalue weighted by Crippen LogP contribution is -2.21. The van der Waals surface area contributed by atoms with E-state index in [4.69, 9.17) is 5.11 Å². The van der Waals surface area contributed by atoms with E-state index in [1.807, 2.05) is 0 Å². The number of nitro benzene ring substituents is 1. The summed E-state index contributed by atoms with van der Waals surface area (Å²) in [5, 5.41) is 22.4. The Morgan fingerprint density at radius 3 is 2.67 bits per heavy atom. The number of benzene rings is 1. The highest BCUT2D eigenvalue weighted by Gasteiger charge is 2.19. The lowest BCUT2D eigenvalue weighted by molar-refractivity contribution is -0.384. The van der Waals surface area contributed by atoms with Gasteiger partial charge in [-0.15, -0.1) is 0 Å². The molecule has 7 heteroatoms. The molecule has 7 nitrogen and oxygen atoms in total. The fourth-order valence-corrected chi connectivity index (χ4v) is 2.04. The SMILES string of the molecule is CNC(=O)c1ccc(N(C)CCCCCO)c([N+](=O)[O-])c1. The maximum absolute atomic E-state index is 11.5. The van der Waals surface area contributed by atoms with E-state index in [-0.39, 0.29) is 23.8 Å². The lowest BCUT2D eigenvalue weighted by Gasteiger charge is -2.19. The third-order valence-corrected chi connectivity index (χ3v) is 3.22. The summed E-state index contributed by atoms with van der Waals surface area (Å²) in [6.45, 7) is 0.810. The van der Waals surface area contributed by atoms with Crippen molar-refractivity contribution in [2.45, 2.75) is 19.3 Å². The lowest BCUT2D eigenvalue weighted by atomic mass is 10.1. The number of rotatable bonds is 8. The molecule has 21 heavy (non-hydrogen) atoms. The van der Waals surface area contributed by atoms with Crippen LogP contribution in [0.1, 0.15) is 29.6 Å². The van der Waals surface area contributed by atoms with Gasteiger partial charge in [-0.3, -0.25) is 14.9 Å². The van der Waals surface area contributed by atoms with E-state index in [1.165, 1.54) is 13.1 Å². The second-order valence-corrected chi connectivity index (χ2v) is 4.75. The van der Waals surface area contributed by atoms with Gasteiger partial charge in [-0.1, -0.05) is 0 Å². The third-order valence-electron chi connectivity index (χ3n) is 3.22. The molecule has 0 aliphatic carbocycles. The van der Waals surface area contributed by atoms with Crippen LogP contribution in [0, 0.1) is 10.1 Å². The van der Waals surface area contributed by atoms with E-state index in [9.17, 15) is 14.9 Å². The average Bonchev–Trinajstić information content (AvgIpc) is 2.49. The van der Waals surface area contributed by atoms with Crippen molar-refractivity contribution in [1.29, 1.82) is 0 Å². The van der Waals surface area contributed by atoms with Crippen LogP contribution in [-0.4, -0.2) is 43.2 Å². The maximum Gasteiger partial charge on any atom is 0.293 e. The van der Waals surface area contributed by atoms with Crippen molar-refractivity contribution < 1.29 is 14.8 Å². The molecule has 0 bridgehead atoms. The molecule has 0 atom stereocenters. The fourth-order valence-electron chi connectivity index (χ4n) is 2.04. The quantitative estimate of drug-likeness (QED) is 0.431. The van der Waals surface area contributed by atoms with Gasteiger partial charge in [-0.2, -0.15) is 0 Å². The van der Waals surface area contributed by atoms with E-state index in [0.29, 0.717) is 12.2 Å². The van der Waals surface area contributed by atoms with Crippen molar-refractivity contribution >= 4 is 17.3 Å². The highest BCUT2D eigenvalue weighted by Crippen LogP contribution is 2.28. The zero-order valence-corrected chi connectivity index (χ0v) is 12.3. The predicted octanol–water partition coefficient (Wildman–Crippen LogP) is 1.55. The predicted molar refractivity (Wildman–Crippen MR) is 80.7 cm³/mol. The molecule has 1 rings (SSSR count). The molecule has 0 radical (unpaired) electrons. The minimum absolute atomic E-state index is 0.0826. The molecule has 2 N–H and O–H groups in total. The van der Waals surface area contributed by atoms with E-state index in [2.05, 4.69) is 5.32 Å². The number of hydrogen-bond donors (Lipinski definition) is 2. The number of carbonyl (C=O) groups excluding carboxylic acids is 1. The summed E-state index contributed by atoms with van der Waals surface area (Å²) in [5.41, 5.74) is 0.666. The Morgan fingerprint density at radius 1 is 1.38 bits per heavy atom. The normalized spacial score (nSPS) is 10.2. The number of unbranched alkanes of at least 4 members (excludes halogenated alkanes) is 2. The zero-order chi connectivity index (χ0) is 15.8. The summed E-state index contributed by atoms with van der Waals surface area (Å²) in [6.07, 6.45) is 2.43. The first kappa shape index (κ1) is 16.9. The molecule has 0 spiro atoms. The number of nitrogens with one attached hydrogen (secondary N) is 1. The van der Waals surface area contributed by atoms with Crippen molar-refractivity contribution in [3.63, 3.8) is 0 Å². The smallest absolute Gasteiger partial charge is 0.293 e. The van der Waals surface area contributed by atoms with Gasteiger partial charge in [0.2, 0.25) is 0 Å². The number of hydrogen-bond acceptors (Lipinski definition) is 5. The molecule has 0 heterocycles. The van der Waals surface area contributed by atoms with Crippen LogP contribution in [-0.2, 0) is 0 Å². The molecule has 0 saturated heterocycles. The first-order chi connectivity index (χ1) is 10.0. The maximum atomic E-state index is 11.5. The molecule has 1 amide bonds. The van der Waals surface area contributed by atoms with Gasteiger partial charge in [0.15, 0.2) is 0 Å².